The van der Waals surface area contributed by atoms with E-state index in [-0.39, 0.29) is 22.8 Å². The van der Waals surface area contributed by atoms with Crippen molar-refractivity contribution in [3.05, 3.63) is 82.6 Å². The molecule has 2 aromatic heterocycles. The van der Waals surface area contributed by atoms with Crippen molar-refractivity contribution in [1.29, 1.82) is 0 Å². The third-order valence-electron chi connectivity index (χ3n) is 4.96. The van der Waals surface area contributed by atoms with Crippen LogP contribution < -0.4 is 10.6 Å². The normalized spacial score (nSPS) is 11.0. The molecule has 0 fully saturated rings. The highest BCUT2D eigenvalue weighted by molar-refractivity contribution is 7.14. The molecule has 12 heteroatoms. The number of benzene rings is 3. The van der Waals surface area contributed by atoms with Crippen molar-refractivity contribution in [1.82, 2.24) is 9.97 Å². The number of halogens is 4. The monoisotopic (exact) mass is 530 g/mol. The van der Waals surface area contributed by atoms with Crippen LogP contribution in [-0.4, -0.2) is 20.2 Å². The van der Waals surface area contributed by atoms with Gasteiger partial charge in [-0.1, -0.05) is 0 Å². The number of nitrogens with zero attached hydrogens (tertiary/aromatic N) is 2. The van der Waals surface area contributed by atoms with Gasteiger partial charge in [0.05, 0.1) is 16.9 Å². The Hall–Kier alpha value is -4.16. The second-order valence-corrected chi connectivity index (χ2v) is 9.18. The first-order chi connectivity index (χ1) is 17.3. The first-order valence-electron chi connectivity index (χ1n) is 10.2. The van der Waals surface area contributed by atoms with Crippen LogP contribution in [0.5, 0.6) is 11.5 Å². The maximum atomic E-state index is 14.0. The van der Waals surface area contributed by atoms with Crippen molar-refractivity contribution in [2.24, 2.45) is 0 Å². The van der Waals surface area contributed by atoms with Crippen LogP contribution in [0.3, 0.4) is 0 Å². The van der Waals surface area contributed by atoms with E-state index in [9.17, 15) is 27.8 Å². The summed E-state index contributed by atoms with van der Waals surface area (Å²) in [6.07, 6.45) is 0. The van der Waals surface area contributed by atoms with Crippen molar-refractivity contribution < 1.29 is 27.8 Å². The molecule has 0 saturated heterocycles. The zero-order valence-electron chi connectivity index (χ0n) is 17.9. The van der Waals surface area contributed by atoms with Crippen molar-refractivity contribution >= 4 is 45.7 Å². The summed E-state index contributed by atoms with van der Waals surface area (Å²) < 4.78 is 54.2. The molecule has 0 bridgehead atoms. The van der Waals surface area contributed by atoms with Gasteiger partial charge in [-0.2, -0.15) is 0 Å². The number of phenolic OH excluding ortho intramolecular Hbond substituents is 2. The minimum absolute atomic E-state index is 0.0227. The van der Waals surface area contributed by atoms with E-state index < -0.39 is 34.8 Å². The van der Waals surface area contributed by atoms with E-state index >= 15 is 0 Å². The van der Waals surface area contributed by atoms with E-state index in [0.29, 0.717) is 21.4 Å². The van der Waals surface area contributed by atoms with Gasteiger partial charge < -0.3 is 20.8 Å². The fourth-order valence-corrected chi connectivity index (χ4v) is 4.79. The molecule has 0 radical (unpaired) electrons. The Labute approximate surface area is 209 Å². The van der Waals surface area contributed by atoms with E-state index in [4.69, 9.17) is 0 Å². The molecule has 182 valence electrons. The van der Waals surface area contributed by atoms with Gasteiger partial charge >= 0.3 is 0 Å². The molecule has 0 unspecified atom stereocenters. The molecule has 6 nitrogen and oxygen atoms in total. The molecular formula is C24H14F4N4O2S2. The number of hydrogen-bond donors (Lipinski definition) is 4. The lowest BCUT2D eigenvalue weighted by Crippen LogP contribution is -1.95. The fraction of sp³-hybridized carbons (Fsp3) is 0. The number of phenols is 2. The molecule has 0 amide bonds. The van der Waals surface area contributed by atoms with E-state index in [1.807, 2.05) is 0 Å². The van der Waals surface area contributed by atoms with Crippen molar-refractivity contribution in [2.75, 3.05) is 10.6 Å². The summed E-state index contributed by atoms with van der Waals surface area (Å²) in [4.78, 5) is 8.70. The number of anilines is 4. The summed E-state index contributed by atoms with van der Waals surface area (Å²) in [6, 6.07) is 9.08. The Kier molecular flexibility index (Phi) is 6.20. The second kappa shape index (κ2) is 9.47. The molecule has 0 spiro atoms. The number of aromatic hydroxyl groups is 2. The van der Waals surface area contributed by atoms with Gasteiger partial charge in [-0.05, 0) is 36.4 Å². The number of thiazole rings is 2. The molecule has 0 aliphatic heterocycles. The summed E-state index contributed by atoms with van der Waals surface area (Å²) in [5, 5.41) is 30.2. The Balaban J connectivity index is 1.42. The first kappa shape index (κ1) is 23.6. The zero-order valence-corrected chi connectivity index (χ0v) is 19.5. The number of hydrogen-bond acceptors (Lipinski definition) is 8. The third kappa shape index (κ3) is 4.81. The molecule has 0 atom stereocenters. The molecule has 4 N–H and O–H groups in total. The van der Waals surface area contributed by atoms with Crippen LogP contribution in [0.25, 0.3) is 21.1 Å². The zero-order chi connectivity index (χ0) is 25.4. The molecule has 0 aliphatic carbocycles. The SMILES string of the molecule is Oc1cc(-c2nc(Nc3ccc(F)cc3F)cs2)cc(-c2nc(Nc3ccc(F)cc3F)cs2)c1O. The fourth-order valence-electron chi connectivity index (χ4n) is 3.28. The Morgan fingerprint density at radius 2 is 1.19 bits per heavy atom. The van der Waals surface area contributed by atoms with Gasteiger partial charge in [0.15, 0.2) is 11.5 Å². The van der Waals surface area contributed by atoms with Crippen molar-refractivity contribution in [3.63, 3.8) is 0 Å². The Morgan fingerprint density at radius 1 is 0.667 bits per heavy atom. The highest BCUT2D eigenvalue weighted by atomic mass is 32.1. The van der Waals surface area contributed by atoms with Gasteiger partial charge in [-0.25, -0.2) is 27.5 Å². The van der Waals surface area contributed by atoms with Crippen LogP contribution in [0.4, 0.5) is 40.6 Å². The van der Waals surface area contributed by atoms with Gasteiger partial charge in [0, 0.05) is 28.5 Å². The number of aromatic nitrogens is 2. The van der Waals surface area contributed by atoms with E-state index in [0.717, 1.165) is 35.6 Å². The van der Waals surface area contributed by atoms with Gasteiger partial charge in [-0.15, -0.1) is 22.7 Å². The molecule has 0 saturated carbocycles. The minimum Gasteiger partial charge on any atom is -0.504 e. The van der Waals surface area contributed by atoms with Gasteiger partial charge in [0.2, 0.25) is 0 Å². The maximum Gasteiger partial charge on any atom is 0.167 e. The quantitative estimate of drug-likeness (QED) is 0.135. The maximum absolute atomic E-state index is 14.0. The van der Waals surface area contributed by atoms with Gasteiger partial charge in [0.1, 0.15) is 44.9 Å². The van der Waals surface area contributed by atoms with Crippen LogP contribution >= 0.6 is 22.7 Å². The average molecular weight is 531 g/mol. The molecule has 0 aliphatic rings. The Bertz CT molecular complexity index is 1590. The lowest BCUT2D eigenvalue weighted by atomic mass is 10.1. The van der Waals surface area contributed by atoms with Gasteiger partial charge in [0.25, 0.3) is 0 Å². The summed E-state index contributed by atoms with van der Waals surface area (Å²) in [5.74, 6) is -3.24. The van der Waals surface area contributed by atoms with Crippen LogP contribution in [0.2, 0.25) is 0 Å². The standard InChI is InChI=1S/C24H14F4N4O2S2/c25-12-1-3-17(15(27)7-12)29-20-9-35-23(31-20)11-5-14(22(34)19(33)6-11)24-32-21(10-36-24)30-18-4-2-13(26)8-16(18)28/h1-10,29-30,33-34H. The Morgan fingerprint density at radius 3 is 1.75 bits per heavy atom. The van der Waals surface area contributed by atoms with Crippen LogP contribution in [-0.2, 0) is 0 Å². The van der Waals surface area contributed by atoms with Gasteiger partial charge in [-0.3, -0.25) is 0 Å². The highest BCUT2D eigenvalue weighted by Crippen LogP contribution is 2.43. The molecule has 2 heterocycles. The largest absolute Gasteiger partial charge is 0.504 e. The first-order valence-corrected chi connectivity index (χ1v) is 11.9. The van der Waals surface area contributed by atoms with Crippen molar-refractivity contribution in [3.8, 4) is 32.6 Å². The number of rotatable bonds is 6. The van der Waals surface area contributed by atoms with E-state index in [2.05, 4.69) is 20.6 Å². The van der Waals surface area contributed by atoms with Crippen LogP contribution in [0, 0.1) is 23.3 Å². The van der Waals surface area contributed by atoms with Crippen molar-refractivity contribution in [2.45, 2.75) is 0 Å². The minimum atomic E-state index is -0.791. The molecule has 3 aromatic carbocycles. The number of nitrogens with one attached hydrogen (secondary N) is 2. The molecule has 36 heavy (non-hydrogen) atoms. The molecular weight excluding hydrogens is 516 g/mol. The smallest absolute Gasteiger partial charge is 0.167 e. The summed E-state index contributed by atoms with van der Waals surface area (Å²) >= 11 is 2.32. The second-order valence-electron chi connectivity index (χ2n) is 7.47. The summed E-state index contributed by atoms with van der Waals surface area (Å²) in [7, 11) is 0. The topological polar surface area (TPSA) is 90.3 Å². The van der Waals surface area contributed by atoms with Crippen LogP contribution in [0.15, 0.2) is 59.3 Å². The average Bonchev–Trinajstić information content (AvgIpc) is 3.49. The van der Waals surface area contributed by atoms with Crippen LogP contribution in [0.1, 0.15) is 0 Å². The predicted octanol–water partition coefficient (Wildman–Crippen LogP) is 7.39. The summed E-state index contributed by atoms with van der Waals surface area (Å²) in [5.41, 5.74) is 0.724. The third-order valence-corrected chi connectivity index (χ3v) is 6.73. The van der Waals surface area contributed by atoms with E-state index in [1.54, 1.807) is 16.8 Å². The molecule has 5 aromatic rings. The van der Waals surface area contributed by atoms with E-state index in [1.165, 1.54) is 29.5 Å². The lowest BCUT2D eigenvalue weighted by molar-refractivity contribution is 0.405. The lowest BCUT2D eigenvalue weighted by Gasteiger charge is -2.07. The summed E-state index contributed by atoms with van der Waals surface area (Å²) in [6.45, 7) is 0. The predicted molar refractivity (Wildman–Crippen MR) is 131 cm³/mol. The highest BCUT2D eigenvalue weighted by Gasteiger charge is 2.18. The molecule has 5 rings (SSSR count).